The van der Waals surface area contributed by atoms with Crippen LogP contribution in [0.2, 0.25) is 0 Å². The van der Waals surface area contributed by atoms with Crippen molar-refractivity contribution in [3.05, 3.63) is 29.6 Å². The van der Waals surface area contributed by atoms with Gasteiger partial charge in [0.1, 0.15) is 18.2 Å². The van der Waals surface area contributed by atoms with Gasteiger partial charge < -0.3 is 9.47 Å². The Bertz CT molecular complexity index is 326. The van der Waals surface area contributed by atoms with Crippen molar-refractivity contribution >= 4 is 6.29 Å². The monoisotopic (exact) mass is 212 g/mol. The number of hydrogen-bond donors (Lipinski definition) is 0. The molecule has 0 aromatic heterocycles. The first kappa shape index (κ1) is 11.7. The van der Waals surface area contributed by atoms with Crippen molar-refractivity contribution in [2.45, 2.75) is 6.92 Å². The van der Waals surface area contributed by atoms with Gasteiger partial charge in [0.15, 0.2) is 6.29 Å². The third-order valence-electron chi connectivity index (χ3n) is 1.79. The van der Waals surface area contributed by atoms with Crippen LogP contribution in [0.3, 0.4) is 0 Å². The highest BCUT2D eigenvalue weighted by Gasteiger charge is 2.04. The Balaban J connectivity index is 2.58. The molecule has 1 rings (SSSR count). The zero-order valence-electron chi connectivity index (χ0n) is 8.53. The molecular weight excluding hydrogens is 199 g/mol. The van der Waals surface area contributed by atoms with Crippen LogP contribution in [-0.4, -0.2) is 26.1 Å². The van der Waals surface area contributed by atoms with Gasteiger partial charge in [0.25, 0.3) is 0 Å². The lowest BCUT2D eigenvalue weighted by Gasteiger charge is -2.08. The van der Waals surface area contributed by atoms with Crippen molar-refractivity contribution in [3.63, 3.8) is 0 Å². The van der Waals surface area contributed by atoms with Gasteiger partial charge in [-0.3, -0.25) is 4.79 Å². The molecule has 0 saturated carbocycles. The van der Waals surface area contributed by atoms with Gasteiger partial charge in [-0.25, -0.2) is 4.39 Å². The molecule has 15 heavy (non-hydrogen) atoms. The molecule has 0 atom stereocenters. The van der Waals surface area contributed by atoms with E-state index in [1.165, 1.54) is 18.2 Å². The lowest BCUT2D eigenvalue weighted by atomic mass is 10.2. The molecule has 0 spiro atoms. The Labute approximate surface area is 87.8 Å². The fourth-order valence-corrected chi connectivity index (χ4v) is 1.09. The summed E-state index contributed by atoms with van der Waals surface area (Å²) in [5, 5.41) is 0. The Morgan fingerprint density at radius 3 is 2.87 bits per heavy atom. The summed E-state index contributed by atoms with van der Waals surface area (Å²) in [5.41, 5.74) is 0.341. The SMILES string of the molecule is CCOCCOc1cc(F)ccc1C=O. The molecule has 3 nitrogen and oxygen atoms in total. The van der Waals surface area contributed by atoms with Crippen molar-refractivity contribution in [2.24, 2.45) is 0 Å². The predicted molar refractivity (Wildman–Crippen MR) is 53.8 cm³/mol. The summed E-state index contributed by atoms with van der Waals surface area (Å²) in [6.45, 7) is 3.20. The molecule has 0 aliphatic carbocycles. The summed E-state index contributed by atoms with van der Waals surface area (Å²) in [6, 6.07) is 3.80. The van der Waals surface area contributed by atoms with Crippen LogP contribution in [0.25, 0.3) is 0 Å². The zero-order valence-corrected chi connectivity index (χ0v) is 8.53. The summed E-state index contributed by atoms with van der Waals surface area (Å²) in [5.74, 6) is -0.170. The van der Waals surface area contributed by atoms with Crippen molar-refractivity contribution in [2.75, 3.05) is 19.8 Å². The standard InChI is InChI=1S/C11H13FO3/c1-2-14-5-6-15-11-7-10(12)4-3-9(11)8-13/h3-4,7-8H,2,5-6H2,1H3. The van der Waals surface area contributed by atoms with E-state index in [9.17, 15) is 9.18 Å². The van der Waals surface area contributed by atoms with E-state index in [0.717, 1.165) is 0 Å². The Morgan fingerprint density at radius 1 is 1.40 bits per heavy atom. The van der Waals surface area contributed by atoms with E-state index < -0.39 is 5.82 Å². The minimum Gasteiger partial charge on any atom is -0.490 e. The first-order valence-corrected chi connectivity index (χ1v) is 4.73. The van der Waals surface area contributed by atoms with Gasteiger partial charge in [-0.2, -0.15) is 0 Å². The maximum Gasteiger partial charge on any atom is 0.153 e. The third kappa shape index (κ3) is 3.67. The van der Waals surface area contributed by atoms with E-state index in [1.807, 2.05) is 6.92 Å². The summed E-state index contributed by atoms with van der Waals surface area (Å²) in [4.78, 5) is 10.6. The van der Waals surface area contributed by atoms with E-state index in [1.54, 1.807) is 0 Å². The topological polar surface area (TPSA) is 35.5 Å². The van der Waals surface area contributed by atoms with Gasteiger partial charge in [0.2, 0.25) is 0 Å². The maximum absolute atomic E-state index is 12.8. The van der Waals surface area contributed by atoms with Gasteiger partial charge in [-0.05, 0) is 19.1 Å². The molecular formula is C11H13FO3. The molecule has 0 amide bonds. The van der Waals surface area contributed by atoms with Crippen LogP contribution >= 0.6 is 0 Å². The van der Waals surface area contributed by atoms with Crippen LogP contribution < -0.4 is 4.74 Å². The first-order chi connectivity index (χ1) is 7.27. The molecule has 0 radical (unpaired) electrons. The van der Waals surface area contributed by atoms with Gasteiger partial charge in [0.05, 0.1) is 12.2 Å². The fourth-order valence-electron chi connectivity index (χ4n) is 1.09. The minimum absolute atomic E-state index is 0.254. The number of halogens is 1. The summed E-state index contributed by atoms with van der Waals surface area (Å²) < 4.78 is 23.1. The van der Waals surface area contributed by atoms with Gasteiger partial charge in [0, 0.05) is 12.7 Å². The average molecular weight is 212 g/mol. The maximum atomic E-state index is 12.8. The van der Waals surface area contributed by atoms with Crippen LogP contribution in [0.4, 0.5) is 4.39 Å². The molecule has 0 saturated heterocycles. The number of carbonyl (C=O) groups excluding carboxylic acids is 1. The second kappa shape index (κ2) is 6.14. The lowest BCUT2D eigenvalue weighted by molar-refractivity contribution is 0.106. The summed E-state index contributed by atoms with van der Waals surface area (Å²) in [7, 11) is 0. The van der Waals surface area contributed by atoms with Crippen molar-refractivity contribution < 1.29 is 18.7 Å². The lowest BCUT2D eigenvalue weighted by Crippen LogP contribution is -2.07. The molecule has 0 N–H and O–H groups in total. The molecule has 0 aliphatic heterocycles. The normalized spacial score (nSPS) is 10.0. The van der Waals surface area contributed by atoms with Crippen LogP contribution in [0, 0.1) is 5.82 Å². The molecule has 0 aliphatic rings. The van der Waals surface area contributed by atoms with Gasteiger partial charge >= 0.3 is 0 Å². The molecule has 82 valence electrons. The molecule has 1 aromatic carbocycles. The number of rotatable bonds is 6. The van der Waals surface area contributed by atoms with Crippen molar-refractivity contribution in [3.8, 4) is 5.75 Å². The molecule has 0 heterocycles. The molecule has 1 aromatic rings. The smallest absolute Gasteiger partial charge is 0.153 e. The number of aldehydes is 1. The van der Waals surface area contributed by atoms with E-state index in [2.05, 4.69) is 0 Å². The van der Waals surface area contributed by atoms with Crippen molar-refractivity contribution in [1.29, 1.82) is 0 Å². The zero-order chi connectivity index (χ0) is 11.1. The highest BCUT2D eigenvalue weighted by Crippen LogP contribution is 2.17. The van der Waals surface area contributed by atoms with Gasteiger partial charge in [-0.15, -0.1) is 0 Å². The number of carbonyl (C=O) groups is 1. The van der Waals surface area contributed by atoms with Crippen LogP contribution in [-0.2, 0) is 4.74 Å². The average Bonchev–Trinajstić information content (AvgIpc) is 2.25. The van der Waals surface area contributed by atoms with Crippen LogP contribution in [0.15, 0.2) is 18.2 Å². The van der Waals surface area contributed by atoms with Crippen molar-refractivity contribution in [1.82, 2.24) is 0 Å². The molecule has 0 unspecified atom stereocenters. The molecule has 0 fully saturated rings. The minimum atomic E-state index is -0.424. The second-order valence-electron chi connectivity index (χ2n) is 2.85. The molecule has 0 bridgehead atoms. The molecule has 4 heteroatoms. The Morgan fingerprint density at radius 2 is 2.20 bits per heavy atom. The predicted octanol–water partition coefficient (Wildman–Crippen LogP) is 2.05. The number of benzene rings is 1. The van der Waals surface area contributed by atoms with Gasteiger partial charge in [-0.1, -0.05) is 0 Å². The van der Waals surface area contributed by atoms with Crippen LogP contribution in [0.5, 0.6) is 5.75 Å². The van der Waals surface area contributed by atoms with E-state index in [0.29, 0.717) is 31.7 Å². The number of hydrogen-bond acceptors (Lipinski definition) is 3. The second-order valence-corrected chi connectivity index (χ2v) is 2.85. The first-order valence-electron chi connectivity index (χ1n) is 4.73. The summed E-state index contributed by atoms with van der Waals surface area (Å²) >= 11 is 0. The van der Waals surface area contributed by atoms with E-state index in [4.69, 9.17) is 9.47 Å². The highest BCUT2D eigenvalue weighted by atomic mass is 19.1. The Hall–Kier alpha value is -1.42. The van der Waals surface area contributed by atoms with E-state index in [-0.39, 0.29) is 5.75 Å². The van der Waals surface area contributed by atoms with E-state index >= 15 is 0 Å². The van der Waals surface area contributed by atoms with Crippen LogP contribution in [0.1, 0.15) is 17.3 Å². The largest absolute Gasteiger partial charge is 0.490 e. The summed E-state index contributed by atoms with van der Waals surface area (Å²) in [6.07, 6.45) is 0.634. The quantitative estimate of drug-likeness (QED) is 0.534. The third-order valence-corrected chi connectivity index (χ3v) is 1.79. The fraction of sp³-hybridized carbons (Fsp3) is 0.364. The Kier molecular flexibility index (Phi) is 4.77. The highest BCUT2D eigenvalue weighted by molar-refractivity contribution is 5.79. The number of ether oxygens (including phenoxy) is 2.